The molecule has 1 aromatic heterocycles. The van der Waals surface area contributed by atoms with Crippen LogP contribution >= 0.6 is 0 Å². The Morgan fingerprint density at radius 1 is 1.40 bits per heavy atom. The summed E-state index contributed by atoms with van der Waals surface area (Å²) in [5, 5.41) is 19.9. The zero-order valence-electron chi connectivity index (χ0n) is 15.2. The Labute approximate surface area is 147 Å². The van der Waals surface area contributed by atoms with Crippen molar-refractivity contribution in [3.8, 4) is 0 Å². The van der Waals surface area contributed by atoms with Crippen molar-refractivity contribution < 1.29 is 14.3 Å². The number of amides is 2. The first-order valence-corrected chi connectivity index (χ1v) is 8.12. The second kappa shape index (κ2) is 7.23. The number of aryl methyl sites for hydroxylation is 3. The molecular formula is C18H25FN4O2. The Morgan fingerprint density at radius 3 is 2.52 bits per heavy atom. The summed E-state index contributed by atoms with van der Waals surface area (Å²) in [5.41, 5.74) is 1.31. The zero-order chi connectivity index (χ0) is 18.8. The van der Waals surface area contributed by atoms with Crippen molar-refractivity contribution in [3.05, 3.63) is 52.6 Å². The van der Waals surface area contributed by atoms with Gasteiger partial charge in [0.15, 0.2) is 0 Å². The maximum absolute atomic E-state index is 13.7. The lowest BCUT2D eigenvalue weighted by Crippen LogP contribution is -2.44. The minimum absolute atomic E-state index is 0.0404. The van der Waals surface area contributed by atoms with Gasteiger partial charge in [-0.1, -0.05) is 12.1 Å². The maximum Gasteiger partial charge on any atom is 0.315 e. The Kier molecular flexibility index (Phi) is 5.47. The average molecular weight is 348 g/mol. The number of hydrogen-bond acceptors (Lipinski definition) is 3. The summed E-state index contributed by atoms with van der Waals surface area (Å²) in [6.07, 6.45) is 3.26. The normalized spacial score (nSPS) is 14.7. The van der Waals surface area contributed by atoms with Crippen molar-refractivity contribution in [1.29, 1.82) is 0 Å². The van der Waals surface area contributed by atoms with Crippen LogP contribution < -0.4 is 10.6 Å². The number of urea groups is 1. The van der Waals surface area contributed by atoms with Crippen LogP contribution in [-0.4, -0.2) is 27.5 Å². The fourth-order valence-electron chi connectivity index (χ4n) is 2.61. The molecule has 0 aliphatic carbocycles. The molecule has 0 bridgehead atoms. The topological polar surface area (TPSA) is 79.2 Å². The summed E-state index contributed by atoms with van der Waals surface area (Å²) in [4.78, 5) is 12.1. The minimum atomic E-state index is -1.22. The van der Waals surface area contributed by atoms with Crippen molar-refractivity contribution in [2.24, 2.45) is 7.05 Å². The third-order valence-corrected chi connectivity index (χ3v) is 4.23. The van der Waals surface area contributed by atoms with Crippen LogP contribution in [0.1, 0.15) is 42.1 Å². The molecule has 0 spiro atoms. The first-order valence-electron chi connectivity index (χ1n) is 8.12. The number of carbonyl (C=O) groups excluding carboxylic acids is 1. The molecule has 2 aromatic rings. The standard InChI is InChI=1S/C18H25FN4O2/c1-11-6-14(7-12(2)16(11)19)13(3)22-17(24)20-10-18(4,25)15-8-21-23(5)9-15/h6-9,13,25H,10H2,1-5H3,(H2,20,22,24)/t13-,18+/m0/s1. The highest BCUT2D eigenvalue weighted by molar-refractivity contribution is 5.74. The molecule has 0 radical (unpaired) electrons. The van der Waals surface area contributed by atoms with Gasteiger partial charge in [-0.15, -0.1) is 0 Å². The second-order valence-corrected chi connectivity index (χ2v) is 6.69. The van der Waals surface area contributed by atoms with E-state index in [2.05, 4.69) is 15.7 Å². The SMILES string of the molecule is Cc1cc([C@H](C)NC(=O)NC[C@@](C)(O)c2cnn(C)c2)cc(C)c1F. The summed E-state index contributed by atoms with van der Waals surface area (Å²) in [5.74, 6) is -0.229. The van der Waals surface area contributed by atoms with Gasteiger partial charge in [0.2, 0.25) is 0 Å². The van der Waals surface area contributed by atoms with E-state index in [4.69, 9.17) is 0 Å². The van der Waals surface area contributed by atoms with Gasteiger partial charge < -0.3 is 15.7 Å². The summed E-state index contributed by atoms with van der Waals surface area (Å²) < 4.78 is 15.3. The number of carbonyl (C=O) groups is 1. The smallest absolute Gasteiger partial charge is 0.315 e. The fourth-order valence-corrected chi connectivity index (χ4v) is 2.61. The van der Waals surface area contributed by atoms with E-state index < -0.39 is 11.6 Å². The predicted molar refractivity (Wildman–Crippen MR) is 93.6 cm³/mol. The summed E-state index contributed by atoms with van der Waals surface area (Å²) in [6, 6.07) is 2.75. The van der Waals surface area contributed by atoms with Crippen LogP contribution in [0.5, 0.6) is 0 Å². The molecule has 1 heterocycles. The molecule has 7 heteroatoms. The quantitative estimate of drug-likeness (QED) is 0.776. The third kappa shape index (κ3) is 4.57. The Hall–Kier alpha value is -2.41. The summed E-state index contributed by atoms with van der Waals surface area (Å²) >= 11 is 0. The number of benzene rings is 1. The molecule has 0 saturated carbocycles. The van der Waals surface area contributed by atoms with E-state index in [9.17, 15) is 14.3 Å². The highest BCUT2D eigenvalue weighted by atomic mass is 19.1. The molecule has 2 atom stereocenters. The maximum atomic E-state index is 13.7. The van der Waals surface area contributed by atoms with Gasteiger partial charge in [-0.3, -0.25) is 4.68 Å². The van der Waals surface area contributed by atoms with Gasteiger partial charge in [0.1, 0.15) is 11.4 Å². The van der Waals surface area contributed by atoms with Crippen molar-refractivity contribution >= 4 is 6.03 Å². The van der Waals surface area contributed by atoms with E-state index in [0.29, 0.717) is 16.7 Å². The van der Waals surface area contributed by atoms with Gasteiger partial charge in [0, 0.05) is 18.8 Å². The Bertz CT molecular complexity index is 747. The van der Waals surface area contributed by atoms with Crippen molar-refractivity contribution in [2.75, 3.05) is 6.54 Å². The fraction of sp³-hybridized carbons (Fsp3) is 0.444. The van der Waals surface area contributed by atoms with Gasteiger partial charge in [0.05, 0.1) is 18.8 Å². The van der Waals surface area contributed by atoms with E-state index >= 15 is 0 Å². The largest absolute Gasteiger partial charge is 0.383 e. The Morgan fingerprint density at radius 2 is 2.00 bits per heavy atom. The van der Waals surface area contributed by atoms with Crippen LogP contribution in [0.2, 0.25) is 0 Å². The molecule has 0 aliphatic heterocycles. The van der Waals surface area contributed by atoms with Crippen molar-refractivity contribution in [1.82, 2.24) is 20.4 Å². The monoisotopic (exact) mass is 348 g/mol. The third-order valence-electron chi connectivity index (χ3n) is 4.23. The predicted octanol–water partition coefficient (Wildman–Crippen LogP) is 2.44. The molecule has 0 aliphatic rings. The van der Waals surface area contributed by atoms with Crippen LogP contribution in [0.3, 0.4) is 0 Å². The number of nitrogens with zero attached hydrogens (tertiary/aromatic N) is 2. The lowest BCUT2D eigenvalue weighted by molar-refractivity contribution is 0.0592. The molecule has 0 unspecified atom stereocenters. The number of aliphatic hydroxyl groups is 1. The van der Waals surface area contributed by atoms with Crippen LogP contribution in [0, 0.1) is 19.7 Å². The van der Waals surface area contributed by atoms with Crippen molar-refractivity contribution in [2.45, 2.75) is 39.3 Å². The first kappa shape index (κ1) is 18.9. The lowest BCUT2D eigenvalue weighted by atomic mass is 10.00. The lowest BCUT2D eigenvalue weighted by Gasteiger charge is -2.23. The first-order chi connectivity index (χ1) is 11.6. The van der Waals surface area contributed by atoms with Crippen LogP contribution in [0.4, 0.5) is 9.18 Å². The van der Waals surface area contributed by atoms with Crippen LogP contribution in [-0.2, 0) is 12.6 Å². The number of hydrogen-bond donors (Lipinski definition) is 3. The second-order valence-electron chi connectivity index (χ2n) is 6.69. The van der Waals surface area contributed by atoms with Crippen LogP contribution in [0.15, 0.2) is 24.5 Å². The number of nitrogens with one attached hydrogen (secondary N) is 2. The van der Waals surface area contributed by atoms with E-state index in [-0.39, 0.29) is 18.4 Å². The molecule has 0 saturated heterocycles. The molecule has 3 N–H and O–H groups in total. The number of halogens is 1. The molecule has 6 nitrogen and oxygen atoms in total. The van der Waals surface area contributed by atoms with E-state index in [1.54, 1.807) is 57.0 Å². The molecule has 25 heavy (non-hydrogen) atoms. The van der Waals surface area contributed by atoms with Crippen molar-refractivity contribution in [3.63, 3.8) is 0 Å². The molecule has 136 valence electrons. The highest BCUT2D eigenvalue weighted by Gasteiger charge is 2.25. The molecular weight excluding hydrogens is 323 g/mol. The van der Waals surface area contributed by atoms with Gasteiger partial charge in [0.25, 0.3) is 0 Å². The molecule has 1 aromatic carbocycles. The van der Waals surface area contributed by atoms with E-state index in [1.807, 2.05) is 6.92 Å². The summed E-state index contributed by atoms with van der Waals surface area (Å²) in [7, 11) is 1.76. The van der Waals surface area contributed by atoms with Gasteiger partial charge >= 0.3 is 6.03 Å². The zero-order valence-corrected chi connectivity index (χ0v) is 15.2. The van der Waals surface area contributed by atoms with Gasteiger partial charge in [-0.2, -0.15) is 5.10 Å². The Balaban J connectivity index is 1.96. The average Bonchev–Trinajstić information content (AvgIpc) is 2.97. The van der Waals surface area contributed by atoms with Gasteiger partial charge in [-0.25, -0.2) is 9.18 Å². The number of rotatable bonds is 5. The minimum Gasteiger partial charge on any atom is -0.383 e. The van der Waals surface area contributed by atoms with Gasteiger partial charge in [-0.05, 0) is 44.4 Å². The van der Waals surface area contributed by atoms with Crippen LogP contribution in [0.25, 0.3) is 0 Å². The molecule has 2 rings (SSSR count). The summed E-state index contributed by atoms with van der Waals surface area (Å²) in [6.45, 7) is 6.87. The van der Waals surface area contributed by atoms with E-state index in [1.165, 1.54) is 0 Å². The molecule has 0 fully saturated rings. The van der Waals surface area contributed by atoms with E-state index in [0.717, 1.165) is 5.56 Å². The number of aromatic nitrogens is 2. The molecule has 2 amide bonds. The highest BCUT2D eigenvalue weighted by Crippen LogP contribution is 2.21.